The van der Waals surface area contributed by atoms with Crippen molar-refractivity contribution < 1.29 is 13.7 Å². The topological polar surface area (TPSA) is 72.1 Å². The molecule has 0 radical (unpaired) electrons. The maximum Gasteiger partial charge on any atom is 0.253 e. The van der Waals surface area contributed by atoms with E-state index in [1.165, 1.54) is 24.3 Å². The van der Waals surface area contributed by atoms with Crippen molar-refractivity contribution >= 4 is 5.91 Å². The molecule has 1 aliphatic rings. The van der Waals surface area contributed by atoms with Crippen LogP contribution in [0.5, 0.6) is 0 Å². The smallest absolute Gasteiger partial charge is 0.253 e. The third-order valence-corrected chi connectivity index (χ3v) is 4.81. The summed E-state index contributed by atoms with van der Waals surface area (Å²) in [6, 6.07) is 9.43. The van der Waals surface area contributed by atoms with Crippen molar-refractivity contribution in [2.75, 3.05) is 13.1 Å². The van der Waals surface area contributed by atoms with E-state index in [-0.39, 0.29) is 17.6 Å². The van der Waals surface area contributed by atoms with Gasteiger partial charge in [0.1, 0.15) is 11.5 Å². The molecule has 1 saturated heterocycles. The van der Waals surface area contributed by atoms with Crippen LogP contribution in [0.25, 0.3) is 11.5 Å². The molecule has 3 heterocycles. The van der Waals surface area contributed by atoms with Crippen LogP contribution in [-0.4, -0.2) is 39.0 Å². The first kappa shape index (κ1) is 17.3. The number of carbonyl (C=O) groups excluding carboxylic acids is 1. The monoisotopic (exact) mass is 366 g/mol. The fraction of sp³-hybridized carbons (Fsp3) is 0.300. The Hall–Kier alpha value is -3.09. The normalized spacial score (nSPS) is 17.1. The number of aryl methyl sites for hydroxylation is 1. The molecule has 138 valence electrons. The zero-order valence-electron chi connectivity index (χ0n) is 14.9. The highest BCUT2D eigenvalue weighted by molar-refractivity contribution is 5.94. The molecule has 0 saturated carbocycles. The van der Waals surface area contributed by atoms with E-state index in [0.717, 1.165) is 18.4 Å². The molecular weight excluding hydrogens is 347 g/mol. The third kappa shape index (κ3) is 3.58. The Labute approximate surface area is 156 Å². The second-order valence-corrected chi connectivity index (χ2v) is 6.72. The van der Waals surface area contributed by atoms with Gasteiger partial charge >= 0.3 is 0 Å². The van der Waals surface area contributed by atoms with Crippen LogP contribution < -0.4 is 0 Å². The molecule has 4 rings (SSSR count). The molecule has 7 heteroatoms. The van der Waals surface area contributed by atoms with Crippen LogP contribution in [-0.2, 0) is 0 Å². The molecule has 0 N–H and O–H groups in total. The number of benzene rings is 1. The number of rotatable bonds is 3. The Bertz CT molecular complexity index is 955. The Kier molecular flexibility index (Phi) is 4.66. The summed E-state index contributed by atoms with van der Waals surface area (Å²) in [6.45, 7) is 3.11. The molecule has 0 spiro atoms. The lowest BCUT2D eigenvalue weighted by atomic mass is 9.97. The molecule has 2 aromatic heterocycles. The zero-order valence-corrected chi connectivity index (χ0v) is 14.9. The van der Waals surface area contributed by atoms with E-state index in [9.17, 15) is 9.18 Å². The quantitative estimate of drug-likeness (QED) is 0.708. The summed E-state index contributed by atoms with van der Waals surface area (Å²) in [4.78, 5) is 23.3. The summed E-state index contributed by atoms with van der Waals surface area (Å²) >= 11 is 0. The van der Waals surface area contributed by atoms with E-state index < -0.39 is 0 Å². The second kappa shape index (κ2) is 7.26. The van der Waals surface area contributed by atoms with E-state index in [0.29, 0.717) is 36.1 Å². The van der Waals surface area contributed by atoms with Gasteiger partial charge in [-0.05, 0) is 55.7 Å². The van der Waals surface area contributed by atoms with Crippen LogP contribution in [0, 0.1) is 12.7 Å². The van der Waals surface area contributed by atoms with Crippen LogP contribution >= 0.6 is 0 Å². The van der Waals surface area contributed by atoms with Gasteiger partial charge in [0, 0.05) is 24.8 Å². The highest BCUT2D eigenvalue weighted by Gasteiger charge is 2.29. The van der Waals surface area contributed by atoms with Crippen LogP contribution in [0.4, 0.5) is 4.39 Å². The van der Waals surface area contributed by atoms with Crippen molar-refractivity contribution in [1.29, 1.82) is 0 Å². The summed E-state index contributed by atoms with van der Waals surface area (Å²) in [6.07, 6.45) is 3.41. The molecule has 1 aromatic carbocycles. The number of halogens is 1. The molecule has 0 bridgehead atoms. The summed E-state index contributed by atoms with van der Waals surface area (Å²) in [5, 5.41) is 4.07. The first-order valence-corrected chi connectivity index (χ1v) is 8.92. The van der Waals surface area contributed by atoms with Gasteiger partial charge in [0.15, 0.2) is 0 Å². The number of nitrogens with zero attached hydrogens (tertiary/aromatic N) is 4. The van der Waals surface area contributed by atoms with Crippen LogP contribution in [0.3, 0.4) is 0 Å². The minimum absolute atomic E-state index is 0.0200. The average molecular weight is 366 g/mol. The van der Waals surface area contributed by atoms with Crippen molar-refractivity contribution in [2.45, 2.75) is 25.7 Å². The molecule has 1 aliphatic heterocycles. The lowest BCUT2D eigenvalue weighted by Crippen LogP contribution is -2.39. The minimum Gasteiger partial charge on any atom is -0.339 e. The number of carbonyl (C=O) groups is 1. The van der Waals surface area contributed by atoms with Gasteiger partial charge in [0.05, 0.1) is 5.92 Å². The molecule has 1 amide bonds. The Morgan fingerprint density at radius 1 is 1.26 bits per heavy atom. The highest BCUT2D eigenvalue weighted by atomic mass is 19.1. The van der Waals surface area contributed by atoms with Gasteiger partial charge < -0.3 is 9.42 Å². The van der Waals surface area contributed by atoms with Gasteiger partial charge in [0.2, 0.25) is 11.7 Å². The van der Waals surface area contributed by atoms with Crippen molar-refractivity contribution in [3.8, 4) is 11.5 Å². The lowest BCUT2D eigenvalue weighted by molar-refractivity contribution is 0.0695. The largest absolute Gasteiger partial charge is 0.339 e. The predicted molar refractivity (Wildman–Crippen MR) is 96.5 cm³/mol. The molecule has 0 aliphatic carbocycles. The van der Waals surface area contributed by atoms with Crippen LogP contribution in [0.15, 0.2) is 47.1 Å². The fourth-order valence-electron chi connectivity index (χ4n) is 3.36. The van der Waals surface area contributed by atoms with E-state index in [1.807, 2.05) is 19.1 Å². The highest BCUT2D eigenvalue weighted by Crippen LogP contribution is 2.28. The van der Waals surface area contributed by atoms with E-state index in [4.69, 9.17) is 4.52 Å². The summed E-state index contributed by atoms with van der Waals surface area (Å²) in [5.41, 5.74) is 2.15. The average Bonchev–Trinajstić information content (AvgIpc) is 3.18. The van der Waals surface area contributed by atoms with Gasteiger partial charge in [-0.2, -0.15) is 4.98 Å². The Morgan fingerprint density at radius 2 is 2.07 bits per heavy atom. The molecule has 3 aromatic rings. The standard InChI is InChI=1S/C20H19FN4O2/c1-13-4-2-10-22-17(13)18-23-19(27-24-18)15-5-3-11-25(12-15)20(26)14-6-8-16(21)9-7-14/h2,4,6-10,15H,3,5,11-12H2,1H3/t15-/m0/s1. The lowest BCUT2D eigenvalue weighted by Gasteiger charge is -2.31. The SMILES string of the molecule is Cc1cccnc1-c1noc([C@H]2CCCN(C(=O)c3ccc(F)cc3)C2)n1. The number of piperidine rings is 1. The zero-order chi connectivity index (χ0) is 18.8. The van der Waals surface area contributed by atoms with Crippen LogP contribution in [0.1, 0.15) is 40.6 Å². The first-order valence-electron chi connectivity index (χ1n) is 8.92. The summed E-state index contributed by atoms with van der Waals surface area (Å²) in [7, 11) is 0. The maximum atomic E-state index is 13.1. The third-order valence-electron chi connectivity index (χ3n) is 4.81. The Morgan fingerprint density at radius 3 is 2.85 bits per heavy atom. The molecule has 1 fully saturated rings. The molecule has 27 heavy (non-hydrogen) atoms. The number of aromatic nitrogens is 3. The van der Waals surface area contributed by atoms with E-state index in [1.54, 1.807) is 11.1 Å². The van der Waals surface area contributed by atoms with Crippen molar-refractivity contribution in [1.82, 2.24) is 20.0 Å². The van der Waals surface area contributed by atoms with Crippen molar-refractivity contribution in [2.24, 2.45) is 0 Å². The number of amides is 1. The summed E-state index contributed by atoms with van der Waals surface area (Å²) < 4.78 is 18.6. The first-order chi connectivity index (χ1) is 13.1. The van der Waals surface area contributed by atoms with Gasteiger partial charge in [-0.15, -0.1) is 0 Å². The van der Waals surface area contributed by atoms with Crippen LogP contribution in [0.2, 0.25) is 0 Å². The van der Waals surface area contributed by atoms with E-state index >= 15 is 0 Å². The van der Waals surface area contributed by atoms with Crippen molar-refractivity contribution in [3.05, 3.63) is 65.4 Å². The maximum absolute atomic E-state index is 13.1. The van der Waals surface area contributed by atoms with Gasteiger partial charge in [-0.3, -0.25) is 9.78 Å². The van der Waals surface area contributed by atoms with Crippen molar-refractivity contribution in [3.63, 3.8) is 0 Å². The Balaban J connectivity index is 1.51. The van der Waals surface area contributed by atoms with Gasteiger partial charge in [-0.1, -0.05) is 11.2 Å². The molecule has 6 nitrogen and oxygen atoms in total. The number of hydrogen-bond acceptors (Lipinski definition) is 5. The van der Waals surface area contributed by atoms with Gasteiger partial charge in [-0.25, -0.2) is 4.39 Å². The number of pyridine rings is 1. The molecule has 1 atom stereocenters. The summed E-state index contributed by atoms with van der Waals surface area (Å²) in [5.74, 6) is 0.497. The minimum atomic E-state index is -0.355. The fourth-order valence-corrected chi connectivity index (χ4v) is 3.36. The molecular formula is C20H19FN4O2. The van der Waals surface area contributed by atoms with E-state index in [2.05, 4.69) is 15.1 Å². The number of likely N-dealkylation sites (tertiary alicyclic amines) is 1. The van der Waals surface area contributed by atoms with Gasteiger partial charge in [0.25, 0.3) is 5.91 Å². The number of hydrogen-bond donors (Lipinski definition) is 0. The predicted octanol–water partition coefficient (Wildman–Crippen LogP) is 3.60. The molecule has 0 unspecified atom stereocenters. The second-order valence-electron chi connectivity index (χ2n) is 6.72.